The van der Waals surface area contributed by atoms with Crippen LogP contribution in [0, 0.1) is 5.82 Å². The molecule has 0 aliphatic heterocycles. The number of benzene rings is 2. The Balaban J connectivity index is 1.84. The molecule has 3 aromatic rings. The number of aromatic nitrogens is 2. The number of anilines is 2. The Morgan fingerprint density at radius 3 is 2.48 bits per heavy atom. The third kappa shape index (κ3) is 2.92. The summed E-state index contributed by atoms with van der Waals surface area (Å²) in [5.41, 5.74) is 1.17. The van der Waals surface area contributed by atoms with Gasteiger partial charge in [-0.15, -0.1) is 10.2 Å². The van der Waals surface area contributed by atoms with Crippen LogP contribution in [0.25, 0.3) is 10.6 Å². The fraction of sp³-hybridized carbons (Fsp3) is 0. The molecule has 3 N–H and O–H groups in total. The molecule has 0 amide bonds. The Morgan fingerprint density at radius 2 is 1.76 bits per heavy atom. The molecule has 0 atom stereocenters. The lowest BCUT2D eigenvalue weighted by molar-refractivity contribution is 0.452. The summed E-state index contributed by atoms with van der Waals surface area (Å²) in [6.45, 7) is 0. The van der Waals surface area contributed by atoms with Gasteiger partial charge in [0.2, 0.25) is 5.13 Å². The first kappa shape index (κ1) is 13.3. The van der Waals surface area contributed by atoms with Gasteiger partial charge >= 0.3 is 0 Å². The van der Waals surface area contributed by atoms with Gasteiger partial charge in [-0.2, -0.15) is 0 Å². The van der Waals surface area contributed by atoms with Gasteiger partial charge < -0.3 is 15.5 Å². The summed E-state index contributed by atoms with van der Waals surface area (Å²) in [5, 5.41) is 31.0. The fourth-order valence-corrected chi connectivity index (χ4v) is 2.54. The van der Waals surface area contributed by atoms with Crippen molar-refractivity contribution in [2.45, 2.75) is 0 Å². The molecule has 106 valence electrons. The number of rotatable bonds is 3. The zero-order chi connectivity index (χ0) is 14.8. The summed E-state index contributed by atoms with van der Waals surface area (Å²) in [6.07, 6.45) is 0. The summed E-state index contributed by atoms with van der Waals surface area (Å²) >= 11 is 1.24. The molecule has 0 bridgehead atoms. The van der Waals surface area contributed by atoms with E-state index in [0.29, 0.717) is 21.4 Å². The lowest BCUT2D eigenvalue weighted by atomic mass is 10.2. The molecule has 1 heterocycles. The Labute approximate surface area is 123 Å². The van der Waals surface area contributed by atoms with E-state index in [4.69, 9.17) is 0 Å². The van der Waals surface area contributed by atoms with Crippen LogP contribution < -0.4 is 5.32 Å². The number of halogens is 1. The van der Waals surface area contributed by atoms with Crippen molar-refractivity contribution < 1.29 is 14.6 Å². The highest BCUT2D eigenvalue weighted by atomic mass is 32.1. The topological polar surface area (TPSA) is 78.3 Å². The van der Waals surface area contributed by atoms with Crippen LogP contribution in [0.1, 0.15) is 0 Å². The standard InChI is InChI=1S/C14H10FN3O2S/c15-8-1-3-9(4-2-8)16-14-18-17-13(21-14)11-6-5-10(19)7-12(11)20/h1-7,19-20H,(H,16,18). The van der Waals surface area contributed by atoms with Gasteiger partial charge in [-0.25, -0.2) is 4.39 Å². The summed E-state index contributed by atoms with van der Waals surface area (Å²) in [5.74, 6) is -0.405. The third-order valence-electron chi connectivity index (χ3n) is 2.73. The summed E-state index contributed by atoms with van der Waals surface area (Å²) < 4.78 is 12.8. The van der Waals surface area contributed by atoms with Crippen molar-refractivity contribution in [3.05, 3.63) is 48.3 Å². The van der Waals surface area contributed by atoms with Gasteiger partial charge in [-0.3, -0.25) is 0 Å². The Bertz CT molecular complexity index is 774. The minimum absolute atomic E-state index is 0.0228. The van der Waals surface area contributed by atoms with E-state index in [1.165, 1.54) is 35.6 Å². The molecule has 0 radical (unpaired) electrons. The smallest absolute Gasteiger partial charge is 0.210 e. The van der Waals surface area contributed by atoms with E-state index in [9.17, 15) is 14.6 Å². The number of phenols is 2. The average Bonchev–Trinajstić information content (AvgIpc) is 2.90. The quantitative estimate of drug-likeness (QED) is 0.690. The minimum Gasteiger partial charge on any atom is -0.508 e. The van der Waals surface area contributed by atoms with Crippen molar-refractivity contribution in [3.8, 4) is 22.1 Å². The Kier molecular flexibility index (Phi) is 3.41. The average molecular weight is 303 g/mol. The lowest BCUT2D eigenvalue weighted by Crippen LogP contribution is -1.89. The van der Waals surface area contributed by atoms with E-state index < -0.39 is 0 Å². The summed E-state index contributed by atoms with van der Waals surface area (Å²) in [4.78, 5) is 0. The number of hydrogen-bond acceptors (Lipinski definition) is 6. The maximum absolute atomic E-state index is 12.8. The maximum atomic E-state index is 12.8. The third-order valence-corrected chi connectivity index (χ3v) is 3.60. The molecular weight excluding hydrogens is 293 g/mol. The van der Waals surface area contributed by atoms with Crippen LogP contribution >= 0.6 is 11.3 Å². The van der Waals surface area contributed by atoms with E-state index in [1.807, 2.05) is 0 Å². The second-order valence-electron chi connectivity index (χ2n) is 4.25. The second kappa shape index (κ2) is 5.37. The first-order valence-electron chi connectivity index (χ1n) is 6.00. The Morgan fingerprint density at radius 1 is 1.00 bits per heavy atom. The molecule has 0 spiro atoms. The van der Waals surface area contributed by atoms with Gasteiger partial charge in [0.15, 0.2) is 5.01 Å². The second-order valence-corrected chi connectivity index (χ2v) is 5.22. The van der Waals surface area contributed by atoms with Crippen molar-refractivity contribution in [1.29, 1.82) is 0 Å². The molecule has 7 heteroatoms. The monoisotopic (exact) mass is 303 g/mol. The van der Waals surface area contributed by atoms with Crippen LogP contribution in [-0.2, 0) is 0 Å². The molecule has 5 nitrogen and oxygen atoms in total. The molecule has 1 aromatic heterocycles. The van der Waals surface area contributed by atoms with E-state index in [1.54, 1.807) is 18.2 Å². The SMILES string of the molecule is Oc1ccc(-c2nnc(Nc3ccc(F)cc3)s2)c(O)c1. The molecule has 0 unspecified atom stereocenters. The lowest BCUT2D eigenvalue weighted by Gasteiger charge is -2.01. The number of nitrogens with zero attached hydrogens (tertiary/aromatic N) is 2. The van der Waals surface area contributed by atoms with Crippen molar-refractivity contribution >= 4 is 22.2 Å². The molecule has 3 rings (SSSR count). The first-order valence-corrected chi connectivity index (χ1v) is 6.82. The highest BCUT2D eigenvalue weighted by Crippen LogP contribution is 2.35. The van der Waals surface area contributed by atoms with Crippen LogP contribution in [-0.4, -0.2) is 20.4 Å². The Hall–Kier alpha value is -2.67. The van der Waals surface area contributed by atoms with Crippen molar-refractivity contribution in [1.82, 2.24) is 10.2 Å². The molecule has 0 fully saturated rings. The molecule has 0 aliphatic rings. The van der Waals surface area contributed by atoms with Crippen LogP contribution in [0.4, 0.5) is 15.2 Å². The molecule has 2 aromatic carbocycles. The highest BCUT2D eigenvalue weighted by molar-refractivity contribution is 7.18. The van der Waals surface area contributed by atoms with E-state index in [-0.39, 0.29) is 17.3 Å². The predicted molar refractivity (Wildman–Crippen MR) is 78.4 cm³/mol. The van der Waals surface area contributed by atoms with Crippen LogP contribution in [0.5, 0.6) is 11.5 Å². The van der Waals surface area contributed by atoms with Crippen LogP contribution in [0.2, 0.25) is 0 Å². The zero-order valence-corrected chi connectivity index (χ0v) is 11.4. The highest BCUT2D eigenvalue weighted by Gasteiger charge is 2.11. The zero-order valence-electron chi connectivity index (χ0n) is 10.6. The van der Waals surface area contributed by atoms with Crippen LogP contribution in [0.15, 0.2) is 42.5 Å². The minimum atomic E-state index is -0.312. The van der Waals surface area contributed by atoms with Crippen molar-refractivity contribution in [2.24, 2.45) is 0 Å². The van der Waals surface area contributed by atoms with Gasteiger partial charge in [0.1, 0.15) is 17.3 Å². The van der Waals surface area contributed by atoms with Gasteiger partial charge in [0.05, 0.1) is 5.56 Å². The first-order chi connectivity index (χ1) is 10.1. The van der Waals surface area contributed by atoms with E-state index in [0.717, 1.165) is 0 Å². The van der Waals surface area contributed by atoms with E-state index >= 15 is 0 Å². The molecule has 21 heavy (non-hydrogen) atoms. The van der Waals surface area contributed by atoms with Crippen molar-refractivity contribution in [2.75, 3.05) is 5.32 Å². The number of phenolic OH excluding ortho intramolecular Hbond substituents is 2. The van der Waals surface area contributed by atoms with Gasteiger partial charge in [-0.05, 0) is 36.4 Å². The van der Waals surface area contributed by atoms with Gasteiger partial charge in [-0.1, -0.05) is 11.3 Å². The fourth-order valence-electron chi connectivity index (χ4n) is 1.74. The van der Waals surface area contributed by atoms with Crippen molar-refractivity contribution in [3.63, 3.8) is 0 Å². The molecule has 0 saturated heterocycles. The molecule has 0 aliphatic carbocycles. The van der Waals surface area contributed by atoms with E-state index in [2.05, 4.69) is 15.5 Å². The summed E-state index contributed by atoms with van der Waals surface area (Å²) in [7, 11) is 0. The molecular formula is C14H10FN3O2S. The van der Waals surface area contributed by atoms with Crippen LogP contribution in [0.3, 0.4) is 0 Å². The predicted octanol–water partition coefficient (Wildman–Crippen LogP) is 3.50. The van der Waals surface area contributed by atoms with Gasteiger partial charge in [0, 0.05) is 11.8 Å². The normalized spacial score (nSPS) is 10.5. The number of nitrogens with one attached hydrogen (secondary N) is 1. The number of aromatic hydroxyl groups is 2. The van der Waals surface area contributed by atoms with Gasteiger partial charge in [0.25, 0.3) is 0 Å². The summed E-state index contributed by atoms with van der Waals surface area (Å²) in [6, 6.07) is 10.1. The maximum Gasteiger partial charge on any atom is 0.210 e. The number of hydrogen-bond donors (Lipinski definition) is 3. The largest absolute Gasteiger partial charge is 0.508 e. The molecule has 0 saturated carbocycles.